The van der Waals surface area contributed by atoms with Crippen LogP contribution in [0.15, 0.2) is 30.3 Å². The first kappa shape index (κ1) is 15.7. The Morgan fingerprint density at radius 3 is 2.32 bits per heavy atom. The SMILES string of the molecule is CC(C)[C@H](N)C(=O)NCC(c1ccccc1)N(C)C. The molecule has 0 aromatic heterocycles. The van der Waals surface area contributed by atoms with Gasteiger partial charge in [-0.15, -0.1) is 0 Å². The quantitative estimate of drug-likeness (QED) is 0.815. The van der Waals surface area contributed by atoms with Gasteiger partial charge in [-0.25, -0.2) is 0 Å². The maximum atomic E-state index is 11.9. The van der Waals surface area contributed by atoms with E-state index in [4.69, 9.17) is 5.73 Å². The van der Waals surface area contributed by atoms with Crippen molar-refractivity contribution in [3.05, 3.63) is 35.9 Å². The molecule has 1 aromatic carbocycles. The molecule has 0 heterocycles. The molecule has 0 saturated heterocycles. The van der Waals surface area contributed by atoms with E-state index in [2.05, 4.69) is 22.3 Å². The van der Waals surface area contributed by atoms with E-state index in [1.54, 1.807) is 0 Å². The van der Waals surface area contributed by atoms with Gasteiger partial charge in [-0.2, -0.15) is 0 Å². The van der Waals surface area contributed by atoms with Gasteiger partial charge in [0.15, 0.2) is 0 Å². The molecule has 1 aromatic rings. The summed E-state index contributed by atoms with van der Waals surface area (Å²) in [7, 11) is 4.01. The maximum absolute atomic E-state index is 11.9. The number of nitrogens with zero attached hydrogens (tertiary/aromatic N) is 1. The summed E-state index contributed by atoms with van der Waals surface area (Å²) in [5.41, 5.74) is 7.02. The molecule has 1 amide bonds. The lowest BCUT2D eigenvalue weighted by Gasteiger charge is -2.26. The zero-order chi connectivity index (χ0) is 14.4. The largest absolute Gasteiger partial charge is 0.353 e. The van der Waals surface area contributed by atoms with Crippen LogP contribution in [0.4, 0.5) is 0 Å². The molecular formula is C15H25N3O. The van der Waals surface area contributed by atoms with Gasteiger partial charge >= 0.3 is 0 Å². The standard InChI is InChI=1S/C15H25N3O/c1-11(2)14(16)15(19)17-10-13(18(3)4)12-8-6-5-7-9-12/h5-9,11,13-14H,10,16H2,1-4H3,(H,17,19)/t13?,14-/m0/s1. The first-order valence-electron chi connectivity index (χ1n) is 6.68. The summed E-state index contributed by atoms with van der Waals surface area (Å²) < 4.78 is 0. The minimum atomic E-state index is -0.446. The number of nitrogens with two attached hydrogens (primary N) is 1. The second kappa shape index (κ2) is 7.26. The van der Waals surface area contributed by atoms with E-state index in [-0.39, 0.29) is 17.9 Å². The van der Waals surface area contributed by atoms with Crippen molar-refractivity contribution in [2.75, 3.05) is 20.6 Å². The van der Waals surface area contributed by atoms with Gasteiger partial charge in [-0.1, -0.05) is 44.2 Å². The second-order valence-corrected chi connectivity index (χ2v) is 5.41. The molecule has 106 valence electrons. The summed E-state index contributed by atoms with van der Waals surface area (Å²) in [5, 5.41) is 2.94. The van der Waals surface area contributed by atoms with Gasteiger partial charge in [0.05, 0.1) is 12.1 Å². The van der Waals surface area contributed by atoms with Crippen LogP contribution in [0.1, 0.15) is 25.5 Å². The van der Waals surface area contributed by atoms with Crippen molar-refractivity contribution in [2.45, 2.75) is 25.9 Å². The van der Waals surface area contributed by atoms with Crippen molar-refractivity contribution in [1.29, 1.82) is 0 Å². The summed E-state index contributed by atoms with van der Waals surface area (Å²) in [6.07, 6.45) is 0. The minimum absolute atomic E-state index is 0.0854. The Hall–Kier alpha value is -1.39. The van der Waals surface area contributed by atoms with Crippen molar-refractivity contribution < 1.29 is 4.79 Å². The molecule has 4 heteroatoms. The van der Waals surface area contributed by atoms with Crippen molar-refractivity contribution in [2.24, 2.45) is 11.7 Å². The lowest BCUT2D eigenvalue weighted by molar-refractivity contribution is -0.123. The molecule has 0 radical (unpaired) electrons. The van der Waals surface area contributed by atoms with Gasteiger partial charge in [0, 0.05) is 6.54 Å². The highest BCUT2D eigenvalue weighted by Gasteiger charge is 2.20. The topological polar surface area (TPSA) is 58.4 Å². The summed E-state index contributed by atoms with van der Waals surface area (Å²) in [5.74, 6) is 0.0623. The normalized spacial score (nSPS) is 14.5. The third-order valence-electron chi connectivity index (χ3n) is 3.30. The molecule has 1 unspecified atom stereocenters. The smallest absolute Gasteiger partial charge is 0.237 e. The molecule has 19 heavy (non-hydrogen) atoms. The number of amides is 1. The van der Waals surface area contributed by atoms with Crippen LogP contribution in [0.3, 0.4) is 0 Å². The molecule has 0 aliphatic heterocycles. The Morgan fingerprint density at radius 2 is 1.84 bits per heavy atom. The van der Waals surface area contributed by atoms with Crippen LogP contribution in [-0.2, 0) is 4.79 Å². The highest BCUT2D eigenvalue weighted by atomic mass is 16.2. The molecule has 0 fully saturated rings. The van der Waals surface area contributed by atoms with Crippen LogP contribution in [0, 0.1) is 5.92 Å². The fourth-order valence-electron chi connectivity index (χ4n) is 1.89. The molecular weight excluding hydrogens is 238 g/mol. The number of carbonyl (C=O) groups is 1. The van der Waals surface area contributed by atoms with E-state index < -0.39 is 6.04 Å². The number of benzene rings is 1. The summed E-state index contributed by atoms with van der Waals surface area (Å²) in [6.45, 7) is 4.46. The van der Waals surface area contributed by atoms with Crippen LogP contribution < -0.4 is 11.1 Å². The molecule has 0 aliphatic carbocycles. The second-order valence-electron chi connectivity index (χ2n) is 5.41. The van der Waals surface area contributed by atoms with Gasteiger partial charge in [-0.3, -0.25) is 4.79 Å². The van der Waals surface area contributed by atoms with Crippen LogP contribution in [0.2, 0.25) is 0 Å². The summed E-state index contributed by atoms with van der Waals surface area (Å²) in [4.78, 5) is 14.0. The summed E-state index contributed by atoms with van der Waals surface area (Å²) >= 11 is 0. The van der Waals surface area contributed by atoms with Gasteiger partial charge < -0.3 is 16.0 Å². The molecule has 0 bridgehead atoms. The highest BCUT2D eigenvalue weighted by molar-refractivity contribution is 5.81. The van der Waals surface area contributed by atoms with Crippen LogP contribution in [0.5, 0.6) is 0 Å². The maximum Gasteiger partial charge on any atom is 0.237 e. The van der Waals surface area contributed by atoms with Gasteiger partial charge in [0.1, 0.15) is 0 Å². The minimum Gasteiger partial charge on any atom is -0.353 e. The van der Waals surface area contributed by atoms with Crippen molar-refractivity contribution >= 4 is 5.91 Å². The Labute approximate surface area is 116 Å². The fourth-order valence-corrected chi connectivity index (χ4v) is 1.89. The lowest BCUT2D eigenvalue weighted by atomic mass is 10.0. The van der Waals surface area contributed by atoms with E-state index in [1.807, 2.05) is 46.1 Å². The average Bonchev–Trinajstić information content (AvgIpc) is 2.38. The van der Waals surface area contributed by atoms with E-state index >= 15 is 0 Å². The number of hydrogen-bond donors (Lipinski definition) is 2. The number of carbonyl (C=O) groups excluding carboxylic acids is 1. The van der Waals surface area contributed by atoms with Crippen molar-refractivity contribution in [3.8, 4) is 0 Å². The van der Waals surface area contributed by atoms with Gasteiger partial charge in [0.2, 0.25) is 5.91 Å². The van der Waals surface area contributed by atoms with Crippen LogP contribution >= 0.6 is 0 Å². The van der Waals surface area contributed by atoms with Gasteiger partial charge in [-0.05, 0) is 25.6 Å². The molecule has 0 saturated carbocycles. The lowest BCUT2D eigenvalue weighted by Crippen LogP contribution is -2.46. The number of rotatable bonds is 6. The van der Waals surface area contributed by atoms with E-state index in [0.717, 1.165) is 0 Å². The van der Waals surface area contributed by atoms with Crippen LogP contribution in [-0.4, -0.2) is 37.5 Å². The average molecular weight is 263 g/mol. The number of hydrogen-bond acceptors (Lipinski definition) is 3. The van der Waals surface area contributed by atoms with E-state index in [9.17, 15) is 4.79 Å². The first-order chi connectivity index (χ1) is 8.93. The zero-order valence-corrected chi connectivity index (χ0v) is 12.3. The molecule has 3 N–H and O–H groups in total. The number of nitrogens with one attached hydrogen (secondary N) is 1. The Kier molecular flexibility index (Phi) is 5.99. The zero-order valence-electron chi connectivity index (χ0n) is 12.3. The third kappa shape index (κ3) is 4.65. The Balaban J connectivity index is 2.64. The Morgan fingerprint density at radius 1 is 1.26 bits per heavy atom. The molecule has 0 spiro atoms. The molecule has 1 rings (SSSR count). The highest BCUT2D eigenvalue weighted by Crippen LogP contribution is 2.16. The van der Waals surface area contributed by atoms with Crippen molar-refractivity contribution in [1.82, 2.24) is 10.2 Å². The molecule has 2 atom stereocenters. The van der Waals surface area contributed by atoms with Crippen molar-refractivity contribution in [3.63, 3.8) is 0 Å². The Bertz CT molecular complexity index is 390. The van der Waals surface area contributed by atoms with E-state index in [0.29, 0.717) is 6.54 Å². The molecule has 4 nitrogen and oxygen atoms in total. The summed E-state index contributed by atoms with van der Waals surface area (Å²) in [6, 6.07) is 9.85. The third-order valence-corrected chi connectivity index (χ3v) is 3.30. The molecule has 0 aliphatic rings. The first-order valence-corrected chi connectivity index (χ1v) is 6.68. The van der Waals surface area contributed by atoms with E-state index in [1.165, 1.54) is 5.56 Å². The number of likely N-dealkylation sites (N-methyl/N-ethyl adjacent to an activating group) is 1. The fraction of sp³-hybridized carbons (Fsp3) is 0.533. The predicted molar refractivity (Wildman–Crippen MR) is 78.7 cm³/mol. The monoisotopic (exact) mass is 263 g/mol. The van der Waals surface area contributed by atoms with Gasteiger partial charge in [0.25, 0.3) is 0 Å². The van der Waals surface area contributed by atoms with Crippen LogP contribution in [0.25, 0.3) is 0 Å². The predicted octanol–water partition coefficient (Wildman–Crippen LogP) is 1.39.